The van der Waals surface area contributed by atoms with Crippen LogP contribution in [-0.4, -0.2) is 27.6 Å². The van der Waals surface area contributed by atoms with Gasteiger partial charge in [0, 0.05) is 6.20 Å². The summed E-state index contributed by atoms with van der Waals surface area (Å²) >= 11 is 3.21. The van der Waals surface area contributed by atoms with E-state index in [1.54, 1.807) is 0 Å². The third-order valence-electron chi connectivity index (χ3n) is 2.83. The Morgan fingerprint density at radius 3 is 2.65 bits per heavy atom. The molecule has 1 aromatic heterocycles. The van der Waals surface area contributed by atoms with Crippen LogP contribution in [0, 0.1) is 11.8 Å². The number of nitrogens with two attached hydrogens (primary N) is 2. The van der Waals surface area contributed by atoms with Crippen molar-refractivity contribution < 1.29 is 14.7 Å². The number of primary amides is 1. The maximum atomic E-state index is 11.2. The summed E-state index contributed by atoms with van der Waals surface area (Å²) in [6.45, 7) is 0. The Balaban J connectivity index is 2.38. The molecule has 1 aliphatic carbocycles. The number of amides is 2. The topological polar surface area (TPSA) is 131 Å². The van der Waals surface area contributed by atoms with Crippen molar-refractivity contribution in [2.75, 3.05) is 5.73 Å². The van der Waals surface area contributed by atoms with Crippen LogP contribution in [0.2, 0.25) is 0 Å². The first-order chi connectivity index (χ1) is 9.34. The van der Waals surface area contributed by atoms with Crippen LogP contribution in [-0.2, 0) is 0 Å². The summed E-state index contributed by atoms with van der Waals surface area (Å²) < 4.78 is 0.358. The zero-order valence-corrected chi connectivity index (χ0v) is 11.8. The molecule has 1 saturated carbocycles. The van der Waals surface area contributed by atoms with Crippen molar-refractivity contribution in [2.24, 2.45) is 5.73 Å². The van der Waals surface area contributed by atoms with Gasteiger partial charge in [0.05, 0.1) is 15.6 Å². The number of hydrogen-bond acceptors (Lipinski definition) is 4. The lowest BCUT2D eigenvalue weighted by Crippen LogP contribution is -2.34. The minimum atomic E-state index is -1.13. The lowest BCUT2D eigenvalue weighted by atomic mass is 10.1. The summed E-state index contributed by atoms with van der Waals surface area (Å²) in [6, 6.07) is 0. The molecule has 0 aliphatic heterocycles. The molecule has 0 aromatic carbocycles. The first-order valence-corrected chi connectivity index (χ1v) is 6.42. The molecule has 6 N–H and O–H groups in total. The molecule has 1 aromatic rings. The molecule has 0 unspecified atom stereocenters. The van der Waals surface area contributed by atoms with E-state index in [9.17, 15) is 9.59 Å². The second-order valence-corrected chi connectivity index (χ2v) is 5.17. The van der Waals surface area contributed by atoms with Crippen LogP contribution in [0.3, 0.4) is 0 Å². The second kappa shape index (κ2) is 5.02. The number of rotatable bonds is 2. The van der Waals surface area contributed by atoms with Crippen LogP contribution in [0.25, 0.3) is 0 Å². The normalized spacial score (nSPS) is 14.8. The SMILES string of the molecule is NC(=O)c1cnc(N)c(C#CC2(NC(=O)O)CC2)c1Br. The van der Waals surface area contributed by atoms with E-state index in [4.69, 9.17) is 16.6 Å². The summed E-state index contributed by atoms with van der Waals surface area (Å²) in [6.07, 6.45) is 1.39. The van der Waals surface area contributed by atoms with Crippen molar-refractivity contribution >= 4 is 33.7 Å². The Morgan fingerprint density at radius 1 is 1.50 bits per heavy atom. The number of hydrogen-bond donors (Lipinski definition) is 4. The number of carbonyl (C=O) groups excluding carboxylic acids is 1. The standard InChI is InChI=1S/C12H11BrN4O3/c13-8-6(9(14)16-5-7(8)10(15)18)1-2-12(3-4-12)17-11(19)20/h5,17H,3-4H2,(H2,14,16)(H2,15,18)(H,19,20). The van der Waals surface area contributed by atoms with Gasteiger partial charge < -0.3 is 21.9 Å². The number of nitrogen functional groups attached to an aromatic ring is 1. The van der Waals surface area contributed by atoms with Gasteiger partial charge in [-0.05, 0) is 28.8 Å². The largest absolute Gasteiger partial charge is 0.465 e. The van der Waals surface area contributed by atoms with Gasteiger partial charge in [0.25, 0.3) is 5.91 Å². The third-order valence-corrected chi connectivity index (χ3v) is 3.66. The Labute approximate surface area is 122 Å². The average molecular weight is 339 g/mol. The fraction of sp³-hybridized carbons (Fsp3) is 0.250. The maximum absolute atomic E-state index is 11.2. The van der Waals surface area contributed by atoms with Gasteiger partial charge in [0.15, 0.2) is 0 Å². The van der Waals surface area contributed by atoms with Crippen molar-refractivity contribution in [3.8, 4) is 11.8 Å². The zero-order valence-electron chi connectivity index (χ0n) is 10.2. The summed E-state index contributed by atoms with van der Waals surface area (Å²) in [7, 11) is 0. The van der Waals surface area contributed by atoms with Gasteiger partial charge in [0.2, 0.25) is 0 Å². The highest BCUT2D eigenvalue weighted by Crippen LogP contribution is 2.35. The Bertz CT molecular complexity index is 659. The molecule has 8 heteroatoms. The molecule has 7 nitrogen and oxygen atoms in total. The fourth-order valence-electron chi connectivity index (χ4n) is 1.59. The molecule has 2 rings (SSSR count). The Morgan fingerprint density at radius 2 is 2.15 bits per heavy atom. The smallest absolute Gasteiger partial charge is 0.405 e. The van der Waals surface area contributed by atoms with Gasteiger partial charge >= 0.3 is 6.09 Å². The highest BCUT2D eigenvalue weighted by atomic mass is 79.9. The fourth-order valence-corrected chi connectivity index (χ4v) is 2.19. The van der Waals surface area contributed by atoms with Gasteiger partial charge in [-0.1, -0.05) is 11.8 Å². The van der Waals surface area contributed by atoms with Gasteiger partial charge in [-0.15, -0.1) is 0 Å². The Hall–Kier alpha value is -2.27. The zero-order chi connectivity index (χ0) is 14.9. The van der Waals surface area contributed by atoms with Gasteiger partial charge in [0.1, 0.15) is 11.4 Å². The molecule has 0 bridgehead atoms. The van der Waals surface area contributed by atoms with E-state index in [0.29, 0.717) is 22.9 Å². The van der Waals surface area contributed by atoms with Crippen LogP contribution >= 0.6 is 15.9 Å². The first-order valence-electron chi connectivity index (χ1n) is 5.63. The molecule has 0 atom stereocenters. The minimum Gasteiger partial charge on any atom is -0.465 e. The van der Waals surface area contributed by atoms with E-state index in [-0.39, 0.29) is 11.4 Å². The number of halogens is 1. The highest BCUT2D eigenvalue weighted by Gasteiger charge is 2.42. The predicted octanol–water partition coefficient (Wildman–Crippen LogP) is 0.677. The van der Waals surface area contributed by atoms with E-state index >= 15 is 0 Å². The van der Waals surface area contributed by atoms with Crippen molar-refractivity contribution in [1.82, 2.24) is 10.3 Å². The molecule has 104 valence electrons. The molecular formula is C12H11BrN4O3. The van der Waals surface area contributed by atoms with E-state index in [1.165, 1.54) is 6.20 Å². The Kier molecular flexibility index (Phi) is 3.55. The molecule has 20 heavy (non-hydrogen) atoms. The number of anilines is 1. The molecule has 2 amide bonds. The van der Waals surface area contributed by atoms with Crippen LogP contribution < -0.4 is 16.8 Å². The van der Waals surface area contributed by atoms with Gasteiger partial charge in [-0.2, -0.15) is 0 Å². The van der Waals surface area contributed by atoms with Crippen molar-refractivity contribution in [3.05, 3.63) is 21.8 Å². The molecule has 1 fully saturated rings. The summed E-state index contributed by atoms with van der Waals surface area (Å²) in [5.74, 6) is 5.07. The minimum absolute atomic E-state index is 0.139. The van der Waals surface area contributed by atoms with Crippen LogP contribution in [0.4, 0.5) is 10.6 Å². The number of pyridine rings is 1. The molecule has 1 heterocycles. The molecule has 0 spiro atoms. The van der Waals surface area contributed by atoms with E-state index in [1.807, 2.05) is 0 Å². The molecule has 0 saturated heterocycles. The summed E-state index contributed by atoms with van der Waals surface area (Å²) in [5, 5.41) is 11.1. The van der Waals surface area contributed by atoms with Gasteiger partial charge in [-0.25, -0.2) is 9.78 Å². The summed E-state index contributed by atoms with van der Waals surface area (Å²) in [5.41, 5.74) is 10.7. The molecule has 0 radical (unpaired) electrons. The second-order valence-electron chi connectivity index (χ2n) is 4.37. The monoisotopic (exact) mass is 338 g/mol. The highest BCUT2D eigenvalue weighted by molar-refractivity contribution is 9.10. The first kappa shape index (κ1) is 14.1. The third kappa shape index (κ3) is 2.83. The number of aromatic nitrogens is 1. The van der Waals surface area contributed by atoms with E-state index < -0.39 is 17.5 Å². The van der Waals surface area contributed by atoms with E-state index in [2.05, 4.69) is 38.1 Å². The van der Waals surface area contributed by atoms with Crippen molar-refractivity contribution in [2.45, 2.75) is 18.4 Å². The number of nitrogens with zero attached hydrogens (tertiary/aromatic N) is 1. The number of carboxylic acid groups (broad SMARTS) is 1. The molecule has 1 aliphatic rings. The van der Waals surface area contributed by atoms with Crippen LogP contribution in [0.15, 0.2) is 10.7 Å². The van der Waals surface area contributed by atoms with E-state index in [0.717, 1.165) is 0 Å². The van der Waals surface area contributed by atoms with Gasteiger partial charge in [-0.3, -0.25) is 4.79 Å². The van der Waals surface area contributed by atoms with Crippen molar-refractivity contribution in [3.63, 3.8) is 0 Å². The maximum Gasteiger partial charge on any atom is 0.405 e. The lowest BCUT2D eigenvalue weighted by molar-refractivity contribution is 0.0999. The number of nitrogens with one attached hydrogen (secondary N) is 1. The quantitative estimate of drug-likeness (QED) is 0.588. The van der Waals surface area contributed by atoms with Crippen LogP contribution in [0.1, 0.15) is 28.8 Å². The van der Waals surface area contributed by atoms with Crippen molar-refractivity contribution in [1.29, 1.82) is 0 Å². The van der Waals surface area contributed by atoms with Crippen LogP contribution in [0.5, 0.6) is 0 Å². The molecular weight excluding hydrogens is 328 g/mol. The predicted molar refractivity (Wildman–Crippen MR) is 74.9 cm³/mol. The lowest BCUT2D eigenvalue weighted by Gasteiger charge is -2.07. The number of carbonyl (C=O) groups is 2. The summed E-state index contributed by atoms with van der Waals surface area (Å²) in [4.78, 5) is 25.7. The average Bonchev–Trinajstić information content (AvgIpc) is 3.07.